The molecule has 0 aliphatic carbocycles. The van der Waals surface area contributed by atoms with Gasteiger partial charge in [-0.3, -0.25) is 9.89 Å². The molecule has 1 fully saturated rings. The van der Waals surface area contributed by atoms with E-state index in [9.17, 15) is 4.79 Å². The van der Waals surface area contributed by atoms with E-state index >= 15 is 0 Å². The molecule has 5 nitrogen and oxygen atoms in total. The van der Waals surface area contributed by atoms with Gasteiger partial charge in [0.1, 0.15) is 5.82 Å². The van der Waals surface area contributed by atoms with Crippen LogP contribution in [0.25, 0.3) is 0 Å². The SMILES string of the molecule is Cc1nc(C2CCN(C(=O)c3csc(Br)c3)C2)n[nH]1. The minimum atomic E-state index is 0.0942. The Balaban J connectivity index is 1.70. The number of carbonyl (C=O) groups excluding carboxylic acids is 1. The number of nitrogens with zero attached hydrogens (tertiary/aromatic N) is 3. The van der Waals surface area contributed by atoms with Crippen LogP contribution in [0.4, 0.5) is 0 Å². The lowest BCUT2D eigenvalue weighted by Gasteiger charge is -2.14. The molecule has 1 N–H and O–H groups in total. The first kappa shape index (κ1) is 12.8. The highest BCUT2D eigenvalue weighted by Crippen LogP contribution is 2.28. The third kappa shape index (κ3) is 2.57. The van der Waals surface area contributed by atoms with E-state index in [1.807, 2.05) is 23.3 Å². The molecular formula is C12H13BrN4OS. The molecule has 19 heavy (non-hydrogen) atoms. The van der Waals surface area contributed by atoms with Crippen molar-refractivity contribution in [3.8, 4) is 0 Å². The summed E-state index contributed by atoms with van der Waals surface area (Å²) in [4.78, 5) is 18.5. The molecular weight excluding hydrogens is 328 g/mol. The van der Waals surface area contributed by atoms with Gasteiger partial charge in [-0.25, -0.2) is 4.98 Å². The normalized spacial score (nSPS) is 19.1. The molecule has 0 radical (unpaired) electrons. The van der Waals surface area contributed by atoms with Crippen molar-refractivity contribution in [3.63, 3.8) is 0 Å². The second kappa shape index (κ2) is 5.05. The predicted octanol–water partition coefficient (Wildman–Crippen LogP) is 2.57. The van der Waals surface area contributed by atoms with E-state index in [-0.39, 0.29) is 11.8 Å². The second-order valence-electron chi connectivity index (χ2n) is 4.66. The summed E-state index contributed by atoms with van der Waals surface area (Å²) in [7, 11) is 0. The summed E-state index contributed by atoms with van der Waals surface area (Å²) >= 11 is 4.92. The number of hydrogen-bond donors (Lipinski definition) is 1. The Morgan fingerprint density at radius 1 is 1.63 bits per heavy atom. The van der Waals surface area contributed by atoms with Crippen molar-refractivity contribution in [3.05, 3.63) is 32.4 Å². The summed E-state index contributed by atoms with van der Waals surface area (Å²) in [6.07, 6.45) is 0.925. The summed E-state index contributed by atoms with van der Waals surface area (Å²) < 4.78 is 0.983. The number of nitrogens with one attached hydrogen (secondary N) is 1. The summed E-state index contributed by atoms with van der Waals surface area (Å²) in [6, 6.07) is 1.87. The summed E-state index contributed by atoms with van der Waals surface area (Å²) in [5, 5.41) is 8.93. The molecule has 1 amide bonds. The van der Waals surface area contributed by atoms with Crippen molar-refractivity contribution in [1.82, 2.24) is 20.1 Å². The van der Waals surface area contributed by atoms with Gasteiger partial charge in [0.2, 0.25) is 0 Å². The highest BCUT2D eigenvalue weighted by atomic mass is 79.9. The van der Waals surface area contributed by atoms with Crippen molar-refractivity contribution >= 4 is 33.2 Å². The molecule has 0 bridgehead atoms. The van der Waals surface area contributed by atoms with Gasteiger partial charge in [0.25, 0.3) is 5.91 Å². The van der Waals surface area contributed by atoms with Crippen molar-refractivity contribution in [2.45, 2.75) is 19.3 Å². The largest absolute Gasteiger partial charge is 0.338 e. The Labute approximate surface area is 123 Å². The minimum Gasteiger partial charge on any atom is -0.338 e. The smallest absolute Gasteiger partial charge is 0.254 e. The molecule has 0 aromatic carbocycles. The lowest BCUT2D eigenvalue weighted by Crippen LogP contribution is -2.28. The zero-order valence-electron chi connectivity index (χ0n) is 10.4. The average Bonchev–Trinajstić information content (AvgIpc) is 3.07. The van der Waals surface area contributed by atoms with Crippen LogP contribution >= 0.6 is 27.3 Å². The molecule has 1 saturated heterocycles. The van der Waals surface area contributed by atoms with Crippen molar-refractivity contribution in [2.24, 2.45) is 0 Å². The van der Waals surface area contributed by atoms with Crippen LogP contribution in [-0.2, 0) is 0 Å². The van der Waals surface area contributed by atoms with Gasteiger partial charge >= 0.3 is 0 Å². The summed E-state index contributed by atoms with van der Waals surface area (Å²) in [5.74, 6) is 1.98. The maximum Gasteiger partial charge on any atom is 0.254 e. The third-order valence-electron chi connectivity index (χ3n) is 3.27. The molecule has 2 aromatic rings. The molecule has 1 aliphatic rings. The number of carbonyl (C=O) groups is 1. The Bertz CT molecular complexity index is 608. The Kier molecular flexibility index (Phi) is 3.40. The van der Waals surface area contributed by atoms with Gasteiger partial charge in [-0.1, -0.05) is 0 Å². The summed E-state index contributed by atoms with van der Waals surface area (Å²) in [5.41, 5.74) is 0.753. The number of rotatable bonds is 2. The zero-order valence-corrected chi connectivity index (χ0v) is 12.8. The third-order valence-corrected chi connectivity index (χ3v) is 4.77. The Hall–Kier alpha value is -1.21. The number of aryl methyl sites for hydroxylation is 1. The molecule has 3 heterocycles. The second-order valence-corrected chi connectivity index (χ2v) is 6.95. The lowest BCUT2D eigenvalue weighted by atomic mass is 10.1. The predicted molar refractivity (Wildman–Crippen MR) is 76.4 cm³/mol. The molecule has 100 valence electrons. The van der Waals surface area contributed by atoms with Crippen LogP contribution in [0.15, 0.2) is 15.2 Å². The first-order chi connectivity index (χ1) is 9.13. The number of hydrogen-bond acceptors (Lipinski definition) is 4. The molecule has 1 unspecified atom stereocenters. The van der Waals surface area contributed by atoms with E-state index in [1.54, 1.807) is 0 Å². The highest BCUT2D eigenvalue weighted by Gasteiger charge is 2.30. The van der Waals surface area contributed by atoms with Crippen LogP contribution in [0.1, 0.15) is 34.3 Å². The molecule has 0 saturated carbocycles. The molecule has 1 atom stereocenters. The van der Waals surface area contributed by atoms with E-state index in [4.69, 9.17) is 0 Å². The van der Waals surface area contributed by atoms with Crippen LogP contribution in [0.2, 0.25) is 0 Å². The Morgan fingerprint density at radius 2 is 2.47 bits per heavy atom. The van der Waals surface area contributed by atoms with Gasteiger partial charge in [0, 0.05) is 24.4 Å². The minimum absolute atomic E-state index is 0.0942. The maximum absolute atomic E-state index is 12.3. The monoisotopic (exact) mass is 340 g/mol. The van der Waals surface area contributed by atoms with Crippen LogP contribution in [0.3, 0.4) is 0 Å². The van der Waals surface area contributed by atoms with Crippen molar-refractivity contribution in [1.29, 1.82) is 0 Å². The number of amides is 1. The van der Waals surface area contributed by atoms with Gasteiger partial charge in [-0.2, -0.15) is 5.10 Å². The quantitative estimate of drug-likeness (QED) is 0.913. The topological polar surface area (TPSA) is 61.9 Å². The first-order valence-corrected chi connectivity index (χ1v) is 7.73. The fourth-order valence-corrected chi connectivity index (χ4v) is 3.43. The number of aromatic amines is 1. The summed E-state index contributed by atoms with van der Waals surface area (Å²) in [6.45, 7) is 3.35. The molecule has 0 spiro atoms. The first-order valence-electron chi connectivity index (χ1n) is 6.05. The highest BCUT2D eigenvalue weighted by molar-refractivity contribution is 9.11. The number of aromatic nitrogens is 3. The molecule has 2 aromatic heterocycles. The van der Waals surface area contributed by atoms with Gasteiger partial charge in [0.05, 0.1) is 9.35 Å². The average molecular weight is 341 g/mol. The van der Waals surface area contributed by atoms with Crippen molar-refractivity contribution < 1.29 is 4.79 Å². The van der Waals surface area contributed by atoms with Crippen LogP contribution in [0.5, 0.6) is 0 Å². The lowest BCUT2D eigenvalue weighted by molar-refractivity contribution is 0.0791. The van der Waals surface area contributed by atoms with Gasteiger partial charge in [-0.15, -0.1) is 11.3 Å². The van der Waals surface area contributed by atoms with E-state index in [1.165, 1.54) is 11.3 Å². The fraction of sp³-hybridized carbons (Fsp3) is 0.417. The van der Waals surface area contributed by atoms with E-state index < -0.39 is 0 Å². The van der Waals surface area contributed by atoms with Crippen molar-refractivity contribution in [2.75, 3.05) is 13.1 Å². The van der Waals surface area contributed by atoms with Crippen LogP contribution < -0.4 is 0 Å². The zero-order chi connectivity index (χ0) is 13.4. The molecule has 1 aliphatic heterocycles. The molecule has 3 rings (SSSR count). The number of thiophene rings is 1. The van der Waals surface area contributed by atoms with Crippen LogP contribution in [0, 0.1) is 6.92 Å². The van der Waals surface area contributed by atoms with Gasteiger partial charge in [0.15, 0.2) is 5.82 Å². The van der Waals surface area contributed by atoms with Gasteiger partial charge in [-0.05, 0) is 35.3 Å². The number of halogens is 1. The number of H-pyrrole nitrogens is 1. The van der Waals surface area contributed by atoms with E-state index in [0.29, 0.717) is 6.54 Å². The van der Waals surface area contributed by atoms with Gasteiger partial charge < -0.3 is 4.90 Å². The molecule has 7 heteroatoms. The Morgan fingerprint density at radius 3 is 3.11 bits per heavy atom. The van der Waals surface area contributed by atoms with Crippen LogP contribution in [-0.4, -0.2) is 39.1 Å². The van der Waals surface area contributed by atoms with E-state index in [0.717, 1.165) is 34.0 Å². The fourth-order valence-electron chi connectivity index (χ4n) is 2.30. The number of likely N-dealkylation sites (tertiary alicyclic amines) is 1. The standard InChI is InChI=1S/C12H13BrN4OS/c1-7-14-11(16-15-7)8-2-3-17(5-8)12(18)9-4-10(13)19-6-9/h4,6,8H,2-3,5H2,1H3,(H,14,15,16). The van der Waals surface area contributed by atoms with E-state index in [2.05, 4.69) is 31.1 Å². The maximum atomic E-state index is 12.3.